The van der Waals surface area contributed by atoms with E-state index in [2.05, 4.69) is 5.32 Å². The molecule has 0 aromatic rings. The lowest BCUT2D eigenvalue weighted by Crippen LogP contribution is -2.56. The lowest BCUT2D eigenvalue weighted by atomic mass is 9.92. The van der Waals surface area contributed by atoms with Gasteiger partial charge in [-0.1, -0.05) is 0 Å². The first-order valence-corrected chi connectivity index (χ1v) is 7.65. The summed E-state index contributed by atoms with van der Waals surface area (Å²) in [5.41, 5.74) is -0.317. The molecule has 0 aromatic heterocycles. The summed E-state index contributed by atoms with van der Waals surface area (Å²) in [5.74, 6) is 4.31. The molecule has 1 amide bonds. The molecule has 15 heavy (non-hydrogen) atoms. The Labute approximate surface area is 98.8 Å². The molecular weight excluding hydrogens is 230 g/mol. The van der Waals surface area contributed by atoms with Crippen LogP contribution in [0.5, 0.6) is 0 Å². The van der Waals surface area contributed by atoms with Crippen LogP contribution in [0.15, 0.2) is 0 Å². The van der Waals surface area contributed by atoms with Crippen LogP contribution in [0.1, 0.15) is 12.8 Å². The fourth-order valence-electron chi connectivity index (χ4n) is 1.84. The van der Waals surface area contributed by atoms with Crippen LogP contribution in [0.2, 0.25) is 0 Å². The van der Waals surface area contributed by atoms with Crippen LogP contribution in [0, 0.1) is 5.92 Å². The Balaban J connectivity index is 1.90. The molecule has 2 fully saturated rings. The molecule has 0 aromatic carbocycles. The number of amides is 1. The number of hydrogen-bond acceptors (Lipinski definition) is 4. The molecule has 0 aliphatic carbocycles. The summed E-state index contributed by atoms with van der Waals surface area (Å²) < 4.78 is 0. The molecule has 0 saturated carbocycles. The Morgan fingerprint density at radius 3 is 2.47 bits per heavy atom. The maximum atomic E-state index is 11.8. The molecule has 0 radical (unpaired) electrons. The predicted octanol–water partition coefficient (Wildman–Crippen LogP) is 0.724. The van der Waals surface area contributed by atoms with Crippen molar-refractivity contribution in [3.05, 3.63) is 0 Å². The number of thioether (sulfide) groups is 2. The van der Waals surface area contributed by atoms with Gasteiger partial charge in [-0.25, -0.2) is 0 Å². The third-order valence-corrected chi connectivity index (χ3v) is 5.41. The zero-order chi connectivity index (χ0) is 10.7. The first-order chi connectivity index (χ1) is 7.26. The summed E-state index contributed by atoms with van der Waals surface area (Å²) >= 11 is 3.72. The van der Waals surface area contributed by atoms with Gasteiger partial charge < -0.3 is 10.4 Å². The van der Waals surface area contributed by atoms with Crippen LogP contribution in [0.3, 0.4) is 0 Å². The number of aliphatic hydroxyl groups is 1. The third kappa shape index (κ3) is 2.63. The average molecular weight is 247 g/mol. The van der Waals surface area contributed by atoms with Gasteiger partial charge in [-0.15, -0.1) is 0 Å². The smallest absolute Gasteiger partial charge is 0.225 e. The van der Waals surface area contributed by atoms with E-state index in [-0.39, 0.29) is 24.0 Å². The first kappa shape index (κ1) is 11.6. The lowest BCUT2D eigenvalue weighted by Gasteiger charge is -2.38. The van der Waals surface area contributed by atoms with Gasteiger partial charge >= 0.3 is 0 Å². The Morgan fingerprint density at radius 1 is 1.33 bits per heavy atom. The second kappa shape index (κ2) is 4.97. The van der Waals surface area contributed by atoms with Crippen molar-refractivity contribution < 1.29 is 9.90 Å². The third-order valence-electron chi connectivity index (χ3n) is 3.15. The molecule has 2 N–H and O–H groups in total. The van der Waals surface area contributed by atoms with Gasteiger partial charge in [-0.2, -0.15) is 23.5 Å². The largest absolute Gasteiger partial charge is 0.394 e. The summed E-state index contributed by atoms with van der Waals surface area (Å²) in [6.07, 6.45) is 1.81. The number of carbonyl (C=O) groups excluding carboxylic acids is 1. The first-order valence-electron chi connectivity index (χ1n) is 5.34. The van der Waals surface area contributed by atoms with Crippen molar-refractivity contribution in [1.82, 2.24) is 5.32 Å². The topological polar surface area (TPSA) is 49.3 Å². The quantitative estimate of drug-likeness (QED) is 0.772. The molecule has 2 aliphatic heterocycles. The molecule has 0 bridgehead atoms. The van der Waals surface area contributed by atoms with Gasteiger partial charge in [0.05, 0.1) is 18.1 Å². The zero-order valence-corrected chi connectivity index (χ0v) is 10.3. The van der Waals surface area contributed by atoms with Crippen LogP contribution in [0.25, 0.3) is 0 Å². The van der Waals surface area contributed by atoms with Crippen LogP contribution < -0.4 is 5.32 Å². The van der Waals surface area contributed by atoms with E-state index in [1.54, 1.807) is 0 Å². The van der Waals surface area contributed by atoms with Gasteiger partial charge in [-0.05, 0) is 24.3 Å². The van der Waals surface area contributed by atoms with Crippen molar-refractivity contribution in [2.75, 3.05) is 29.6 Å². The van der Waals surface area contributed by atoms with Crippen molar-refractivity contribution in [1.29, 1.82) is 0 Å². The maximum absolute atomic E-state index is 11.8. The van der Waals surface area contributed by atoms with Crippen molar-refractivity contribution in [2.45, 2.75) is 18.4 Å². The summed E-state index contributed by atoms with van der Waals surface area (Å²) in [5, 5.41) is 12.5. The number of nitrogens with one attached hydrogen (secondary N) is 1. The van der Waals surface area contributed by atoms with Crippen LogP contribution >= 0.6 is 23.5 Å². The van der Waals surface area contributed by atoms with Gasteiger partial charge in [0.2, 0.25) is 5.91 Å². The van der Waals surface area contributed by atoms with Crippen LogP contribution in [-0.2, 0) is 4.79 Å². The van der Waals surface area contributed by atoms with Crippen LogP contribution in [-0.4, -0.2) is 46.2 Å². The highest BCUT2D eigenvalue weighted by molar-refractivity contribution is 8.00. The van der Waals surface area contributed by atoms with Gasteiger partial charge in [-0.3, -0.25) is 4.79 Å². The molecule has 86 valence electrons. The van der Waals surface area contributed by atoms with Gasteiger partial charge in [0, 0.05) is 11.5 Å². The van der Waals surface area contributed by atoms with Crippen LogP contribution in [0.4, 0.5) is 0 Å². The molecule has 5 heteroatoms. The fourth-order valence-corrected chi connectivity index (χ4v) is 3.88. The second-order valence-corrected chi connectivity index (χ2v) is 6.57. The van der Waals surface area contributed by atoms with Gasteiger partial charge in [0.25, 0.3) is 0 Å². The maximum Gasteiger partial charge on any atom is 0.225 e. The normalized spacial score (nSPS) is 25.7. The Bertz CT molecular complexity index is 238. The Morgan fingerprint density at radius 2 is 2.00 bits per heavy atom. The highest BCUT2D eigenvalue weighted by Crippen LogP contribution is 2.29. The second-order valence-electron chi connectivity index (χ2n) is 4.27. The summed E-state index contributed by atoms with van der Waals surface area (Å²) in [4.78, 5) is 11.8. The summed E-state index contributed by atoms with van der Waals surface area (Å²) in [6, 6.07) is 0. The van der Waals surface area contributed by atoms with Crippen molar-refractivity contribution in [3.8, 4) is 0 Å². The van der Waals surface area contributed by atoms with E-state index in [9.17, 15) is 9.90 Å². The van der Waals surface area contributed by atoms with Crippen molar-refractivity contribution >= 4 is 29.4 Å². The average Bonchev–Trinajstić information content (AvgIpc) is 2.16. The zero-order valence-electron chi connectivity index (χ0n) is 8.70. The van der Waals surface area contributed by atoms with Crippen molar-refractivity contribution in [3.63, 3.8) is 0 Å². The summed E-state index contributed by atoms with van der Waals surface area (Å²) in [7, 11) is 0. The molecule has 2 saturated heterocycles. The minimum absolute atomic E-state index is 0.0825. The van der Waals surface area contributed by atoms with E-state index in [0.717, 1.165) is 35.9 Å². The number of aliphatic hydroxyl groups excluding tert-OH is 1. The van der Waals surface area contributed by atoms with Gasteiger partial charge in [0.1, 0.15) is 0 Å². The molecule has 3 nitrogen and oxygen atoms in total. The highest BCUT2D eigenvalue weighted by Gasteiger charge is 2.36. The van der Waals surface area contributed by atoms with Gasteiger partial charge in [0.15, 0.2) is 0 Å². The predicted molar refractivity (Wildman–Crippen MR) is 65.3 cm³/mol. The van der Waals surface area contributed by atoms with E-state index in [0.29, 0.717) is 0 Å². The Hall–Kier alpha value is 0.130. The molecular formula is C10H17NO2S2. The monoisotopic (exact) mass is 247 g/mol. The van der Waals surface area contributed by atoms with Crippen molar-refractivity contribution in [2.24, 2.45) is 5.92 Å². The molecule has 2 rings (SSSR count). The standard InChI is InChI=1S/C10H17NO2S2/c12-7-10(1-3-14-4-2-10)11-9(13)8-5-15-6-8/h8,12H,1-7H2,(H,11,13). The lowest BCUT2D eigenvalue weighted by molar-refractivity contribution is -0.126. The summed E-state index contributed by atoms with van der Waals surface area (Å²) in [6.45, 7) is 0.0825. The number of hydrogen-bond donors (Lipinski definition) is 2. The fraction of sp³-hybridized carbons (Fsp3) is 0.900. The molecule has 2 heterocycles. The Kier molecular flexibility index (Phi) is 3.85. The number of rotatable bonds is 3. The van der Waals surface area contributed by atoms with E-state index >= 15 is 0 Å². The minimum atomic E-state index is -0.317. The van der Waals surface area contributed by atoms with E-state index in [1.807, 2.05) is 23.5 Å². The molecule has 0 atom stereocenters. The number of carbonyl (C=O) groups is 1. The highest BCUT2D eigenvalue weighted by atomic mass is 32.2. The van der Waals surface area contributed by atoms with E-state index in [1.165, 1.54) is 0 Å². The SMILES string of the molecule is O=C(NC1(CO)CCSCC1)C1CSC1. The molecule has 0 spiro atoms. The molecule has 2 aliphatic rings. The minimum Gasteiger partial charge on any atom is -0.394 e. The van der Waals surface area contributed by atoms with E-state index < -0.39 is 0 Å². The van der Waals surface area contributed by atoms with E-state index in [4.69, 9.17) is 0 Å². The molecule has 0 unspecified atom stereocenters.